The van der Waals surface area contributed by atoms with E-state index >= 15 is 0 Å². The highest BCUT2D eigenvalue weighted by atomic mass is 35.5. The van der Waals surface area contributed by atoms with E-state index in [1.807, 2.05) is 37.6 Å². The molecule has 0 saturated heterocycles. The van der Waals surface area contributed by atoms with E-state index < -0.39 is 0 Å². The van der Waals surface area contributed by atoms with Gasteiger partial charge in [-0.2, -0.15) is 0 Å². The van der Waals surface area contributed by atoms with Crippen molar-refractivity contribution in [1.29, 1.82) is 0 Å². The Morgan fingerprint density at radius 1 is 1.27 bits per heavy atom. The van der Waals surface area contributed by atoms with Crippen LogP contribution in [-0.2, 0) is 13.5 Å². The minimum atomic E-state index is 0. The Morgan fingerprint density at radius 3 is 2.82 bits per heavy atom. The highest BCUT2D eigenvalue weighted by Gasteiger charge is 2.08. The second-order valence-corrected chi connectivity index (χ2v) is 4.85. The molecule has 0 aliphatic heterocycles. The molecule has 0 saturated carbocycles. The molecule has 0 radical (unpaired) electrons. The zero-order valence-electron chi connectivity index (χ0n) is 12.2. The van der Waals surface area contributed by atoms with Gasteiger partial charge in [-0.1, -0.05) is 6.07 Å². The van der Waals surface area contributed by atoms with Gasteiger partial charge in [-0.3, -0.25) is 0 Å². The van der Waals surface area contributed by atoms with Crippen LogP contribution >= 0.6 is 12.4 Å². The minimum absolute atomic E-state index is 0. The van der Waals surface area contributed by atoms with Crippen LogP contribution in [0, 0.1) is 0 Å². The van der Waals surface area contributed by atoms with E-state index in [4.69, 9.17) is 5.73 Å². The van der Waals surface area contributed by atoms with Gasteiger partial charge in [-0.05, 0) is 24.6 Å². The maximum Gasteiger partial charge on any atom is 0.172 e. The van der Waals surface area contributed by atoms with Crippen molar-refractivity contribution in [2.24, 2.45) is 7.05 Å². The number of nitrogens with one attached hydrogen (secondary N) is 1. The summed E-state index contributed by atoms with van der Waals surface area (Å²) in [5.74, 6) is 0.747. The number of anilines is 2. The summed E-state index contributed by atoms with van der Waals surface area (Å²) in [5, 5.41) is 7.74. The molecular weight excluding hydrogens is 321 g/mol. The Balaban J connectivity index is 0.00000121. The molecule has 0 aromatic carbocycles. The van der Waals surface area contributed by atoms with Crippen LogP contribution in [0.15, 0.2) is 48.9 Å². The highest BCUT2D eigenvalue weighted by molar-refractivity contribution is 5.85. The largest absolute Gasteiger partial charge is 1.00 e. The smallest absolute Gasteiger partial charge is 0.172 e. The summed E-state index contributed by atoms with van der Waals surface area (Å²) in [7, 11) is 2.02. The molecule has 0 spiro atoms. The standard InChI is InChI=1S/C15H18N5.2ClH/c1-19-9-4-5-12(11-19)7-8-17-15-14(16)13-6-2-3-10-20(13)18-15;;/h2-6,9-11H,7-8,16H2,1H3,(H,17,18);2*1H/q+1;;/p-1. The predicted molar refractivity (Wildman–Crippen MR) is 86.7 cm³/mol. The molecular formula is C15H19Cl2N5. The fourth-order valence-electron chi connectivity index (χ4n) is 2.27. The number of pyridine rings is 2. The molecule has 0 aliphatic carbocycles. The van der Waals surface area contributed by atoms with Gasteiger partial charge in [0.2, 0.25) is 0 Å². The van der Waals surface area contributed by atoms with Crippen molar-refractivity contribution < 1.29 is 17.0 Å². The summed E-state index contributed by atoms with van der Waals surface area (Å²) >= 11 is 0. The molecule has 3 rings (SSSR count). The van der Waals surface area contributed by atoms with Crippen molar-refractivity contribution >= 4 is 29.4 Å². The first-order valence-electron chi connectivity index (χ1n) is 6.65. The second kappa shape index (κ2) is 7.87. The molecule has 0 amide bonds. The Labute approximate surface area is 142 Å². The first kappa shape index (κ1) is 18.1. The second-order valence-electron chi connectivity index (χ2n) is 4.85. The molecule has 118 valence electrons. The molecule has 7 heteroatoms. The molecule has 0 bridgehead atoms. The van der Waals surface area contributed by atoms with Gasteiger partial charge in [0, 0.05) is 24.4 Å². The van der Waals surface area contributed by atoms with Crippen LogP contribution < -0.4 is 28.0 Å². The van der Waals surface area contributed by atoms with E-state index in [0.717, 1.165) is 24.3 Å². The Hall–Kier alpha value is -1.98. The quantitative estimate of drug-likeness (QED) is 0.588. The fraction of sp³-hybridized carbons (Fsp3) is 0.200. The molecule has 0 fully saturated rings. The van der Waals surface area contributed by atoms with Gasteiger partial charge in [-0.25, -0.2) is 9.08 Å². The van der Waals surface area contributed by atoms with Gasteiger partial charge in [-0.15, -0.1) is 17.5 Å². The van der Waals surface area contributed by atoms with Crippen molar-refractivity contribution in [3.63, 3.8) is 0 Å². The Kier molecular flexibility index (Phi) is 6.46. The molecule has 0 unspecified atom stereocenters. The van der Waals surface area contributed by atoms with E-state index in [0.29, 0.717) is 5.69 Å². The van der Waals surface area contributed by atoms with Crippen molar-refractivity contribution in [1.82, 2.24) is 9.61 Å². The van der Waals surface area contributed by atoms with Gasteiger partial charge in [0.1, 0.15) is 12.7 Å². The van der Waals surface area contributed by atoms with E-state index in [1.165, 1.54) is 5.56 Å². The molecule has 0 aliphatic rings. The third-order valence-electron chi connectivity index (χ3n) is 3.29. The summed E-state index contributed by atoms with van der Waals surface area (Å²) in [6.07, 6.45) is 6.97. The third-order valence-corrected chi connectivity index (χ3v) is 3.29. The number of aryl methyl sites for hydroxylation is 1. The Morgan fingerprint density at radius 2 is 2.09 bits per heavy atom. The SMILES string of the molecule is C[n+]1cccc(CCNc2nn3ccccc3c2N)c1.Cl.[Cl-]. The summed E-state index contributed by atoms with van der Waals surface area (Å²) < 4.78 is 3.84. The zero-order valence-corrected chi connectivity index (χ0v) is 13.8. The van der Waals surface area contributed by atoms with E-state index in [2.05, 4.69) is 33.3 Å². The number of rotatable bonds is 4. The maximum atomic E-state index is 6.09. The number of fused-ring (bicyclic) bond motifs is 1. The van der Waals surface area contributed by atoms with E-state index in [1.54, 1.807) is 4.52 Å². The molecule has 3 N–H and O–H groups in total. The average Bonchev–Trinajstić information content (AvgIpc) is 2.76. The van der Waals surface area contributed by atoms with Crippen molar-refractivity contribution in [2.75, 3.05) is 17.6 Å². The van der Waals surface area contributed by atoms with Crippen LogP contribution in [-0.4, -0.2) is 16.2 Å². The van der Waals surface area contributed by atoms with Crippen molar-refractivity contribution in [3.8, 4) is 0 Å². The van der Waals surface area contributed by atoms with Gasteiger partial charge in [0.25, 0.3) is 0 Å². The third kappa shape index (κ3) is 3.81. The number of nitrogen functional groups attached to an aromatic ring is 1. The lowest BCUT2D eigenvalue weighted by Crippen LogP contribution is -3.00. The van der Waals surface area contributed by atoms with Crippen LogP contribution in [0.4, 0.5) is 11.5 Å². The summed E-state index contributed by atoms with van der Waals surface area (Å²) in [5.41, 5.74) is 9.00. The lowest BCUT2D eigenvalue weighted by Gasteiger charge is -2.03. The lowest BCUT2D eigenvalue weighted by molar-refractivity contribution is -0.671. The molecule has 3 aromatic heterocycles. The Bertz CT molecular complexity index is 742. The number of hydrogen-bond acceptors (Lipinski definition) is 3. The van der Waals surface area contributed by atoms with E-state index in [9.17, 15) is 0 Å². The molecule has 3 aromatic rings. The topological polar surface area (TPSA) is 59.2 Å². The van der Waals surface area contributed by atoms with Crippen LogP contribution in [0.1, 0.15) is 5.56 Å². The number of nitrogens with zero attached hydrogens (tertiary/aromatic N) is 3. The number of nitrogens with two attached hydrogens (primary N) is 1. The fourth-order valence-corrected chi connectivity index (χ4v) is 2.27. The summed E-state index contributed by atoms with van der Waals surface area (Å²) in [6.45, 7) is 0.804. The van der Waals surface area contributed by atoms with E-state index in [-0.39, 0.29) is 24.8 Å². The van der Waals surface area contributed by atoms with Gasteiger partial charge < -0.3 is 23.5 Å². The van der Waals surface area contributed by atoms with Gasteiger partial charge in [0.15, 0.2) is 18.2 Å². The summed E-state index contributed by atoms with van der Waals surface area (Å²) in [4.78, 5) is 0. The van der Waals surface area contributed by atoms with Crippen LogP contribution in [0.3, 0.4) is 0 Å². The monoisotopic (exact) mass is 339 g/mol. The molecule has 5 nitrogen and oxygen atoms in total. The molecule has 3 heterocycles. The van der Waals surface area contributed by atoms with Crippen LogP contribution in [0.2, 0.25) is 0 Å². The predicted octanol–water partition coefficient (Wildman–Crippen LogP) is -1.18. The first-order chi connectivity index (χ1) is 9.74. The average molecular weight is 340 g/mol. The van der Waals surface area contributed by atoms with Crippen LogP contribution in [0.5, 0.6) is 0 Å². The number of hydrogen-bond donors (Lipinski definition) is 2. The molecule has 22 heavy (non-hydrogen) atoms. The molecule has 0 atom stereocenters. The zero-order chi connectivity index (χ0) is 13.9. The van der Waals surface area contributed by atoms with Crippen molar-refractivity contribution in [3.05, 3.63) is 54.5 Å². The normalized spacial score (nSPS) is 9.86. The summed E-state index contributed by atoms with van der Waals surface area (Å²) in [6, 6.07) is 10.0. The highest BCUT2D eigenvalue weighted by Crippen LogP contribution is 2.22. The van der Waals surface area contributed by atoms with Gasteiger partial charge in [0.05, 0.1) is 5.52 Å². The number of aromatic nitrogens is 3. The number of halogens is 2. The van der Waals surface area contributed by atoms with Gasteiger partial charge >= 0.3 is 0 Å². The maximum absolute atomic E-state index is 6.09. The minimum Gasteiger partial charge on any atom is -1.00 e. The first-order valence-corrected chi connectivity index (χ1v) is 6.65. The van der Waals surface area contributed by atoms with Crippen molar-refractivity contribution in [2.45, 2.75) is 6.42 Å². The van der Waals surface area contributed by atoms with Crippen LogP contribution in [0.25, 0.3) is 5.52 Å². The lowest BCUT2D eigenvalue weighted by atomic mass is 10.2.